The van der Waals surface area contributed by atoms with Gasteiger partial charge in [-0.05, 0) is 37.5 Å². The maximum absolute atomic E-state index is 15.3. The molecule has 0 aromatic rings. The Morgan fingerprint density at radius 1 is 1.16 bits per heavy atom. The second-order valence-corrected chi connectivity index (χ2v) is 6.90. The largest absolute Gasteiger partial charge is 0.426 e. The molecule has 146 valence electrons. The fourth-order valence-electron chi connectivity index (χ4n) is 4.15. The molecule has 0 amide bonds. The minimum absolute atomic E-state index is 0.131. The molecule has 0 saturated heterocycles. The normalized spacial score (nSPS) is 33.3. The Morgan fingerprint density at radius 2 is 1.72 bits per heavy atom. The van der Waals surface area contributed by atoms with Gasteiger partial charge >= 0.3 is 12.4 Å². The quantitative estimate of drug-likeness (QED) is 0.274. The molecule has 0 N–H and O–H groups in total. The Kier molecular flexibility index (Phi) is 5.25. The molecule has 4 unspecified atom stereocenters. The summed E-state index contributed by atoms with van der Waals surface area (Å²) < 4.78 is 105. The summed E-state index contributed by atoms with van der Waals surface area (Å²) in [5.74, 6) is -1.78. The zero-order valence-corrected chi connectivity index (χ0v) is 13.9. The van der Waals surface area contributed by atoms with Gasteiger partial charge in [0.05, 0.1) is 0 Å². The molecular formula is C16H21F7O2. The monoisotopic (exact) mass is 378 g/mol. The average Bonchev–Trinajstić information content (AvgIpc) is 2.92. The Balaban J connectivity index is 2.38. The molecule has 0 aliphatic heterocycles. The first-order chi connectivity index (χ1) is 11.3. The Hall–Kier alpha value is -0.830. The molecule has 0 radical (unpaired) electrons. The highest BCUT2D eigenvalue weighted by molar-refractivity contribution is 5.24. The van der Waals surface area contributed by atoms with E-state index in [0.717, 1.165) is 0 Å². The summed E-state index contributed by atoms with van der Waals surface area (Å²) in [7, 11) is 0. The van der Waals surface area contributed by atoms with Gasteiger partial charge in [-0.2, -0.15) is 26.3 Å². The van der Waals surface area contributed by atoms with Crippen LogP contribution < -0.4 is 0 Å². The summed E-state index contributed by atoms with van der Waals surface area (Å²) in [4.78, 5) is 0. The lowest BCUT2D eigenvalue weighted by molar-refractivity contribution is -0.401. The zero-order valence-electron chi connectivity index (χ0n) is 13.9. The van der Waals surface area contributed by atoms with Crippen LogP contribution in [-0.4, -0.2) is 37.0 Å². The summed E-state index contributed by atoms with van der Waals surface area (Å²) in [6, 6.07) is 0. The Bertz CT molecular complexity index is 496. The van der Waals surface area contributed by atoms with Gasteiger partial charge in [0.25, 0.3) is 5.60 Å². The summed E-state index contributed by atoms with van der Waals surface area (Å²) in [6.07, 6.45) is -13.7. The molecule has 2 aliphatic carbocycles. The molecule has 25 heavy (non-hydrogen) atoms. The van der Waals surface area contributed by atoms with Crippen molar-refractivity contribution in [2.75, 3.05) is 13.4 Å². The molecule has 0 aromatic heterocycles. The van der Waals surface area contributed by atoms with Gasteiger partial charge in [0.1, 0.15) is 12.5 Å². The van der Waals surface area contributed by atoms with E-state index in [1.165, 1.54) is 6.92 Å². The van der Waals surface area contributed by atoms with E-state index in [1.807, 2.05) is 0 Å². The molecule has 2 rings (SSSR count). The van der Waals surface area contributed by atoms with Crippen molar-refractivity contribution in [3.8, 4) is 0 Å². The van der Waals surface area contributed by atoms with Crippen molar-refractivity contribution in [2.45, 2.75) is 56.7 Å². The van der Waals surface area contributed by atoms with Crippen LogP contribution in [0.5, 0.6) is 0 Å². The molecular weight excluding hydrogens is 357 g/mol. The average molecular weight is 378 g/mol. The smallest absolute Gasteiger partial charge is 0.356 e. The maximum Gasteiger partial charge on any atom is 0.426 e. The van der Waals surface area contributed by atoms with Crippen molar-refractivity contribution < 1.29 is 40.2 Å². The van der Waals surface area contributed by atoms with E-state index in [2.05, 4.69) is 16.1 Å². The van der Waals surface area contributed by atoms with Crippen molar-refractivity contribution in [1.82, 2.24) is 0 Å². The van der Waals surface area contributed by atoms with E-state index >= 15 is 4.39 Å². The van der Waals surface area contributed by atoms with Gasteiger partial charge in [-0.15, -0.1) is 0 Å². The SMILES string of the molecule is C=C1C2CC(C1C)C(F)(CC(OCOCC)(C(F)(F)F)C(F)(F)F)C2. The van der Waals surface area contributed by atoms with Crippen molar-refractivity contribution in [3.63, 3.8) is 0 Å². The lowest BCUT2D eigenvalue weighted by atomic mass is 9.71. The molecule has 2 aliphatic rings. The molecule has 0 aromatic carbocycles. The van der Waals surface area contributed by atoms with Crippen LogP contribution in [0.25, 0.3) is 0 Å². The van der Waals surface area contributed by atoms with E-state index < -0.39 is 61.0 Å². The van der Waals surface area contributed by atoms with Crippen molar-refractivity contribution in [2.24, 2.45) is 17.8 Å². The molecule has 0 heterocycles. The van der Waals surface area contributed by atoms with E-state index in [1.54, 1.807) is 6.92 Å². The lowest BCUT2D eigenvalue weighted by Crippen LogP contribution is -2.62. The first-order valence-electron chi connectivity index (χ1n) is 8.02. The molecule has 2 nitrogen and oxygen atoms in total. The number of allylic oxidation sites excluding steroid dienone is 1. The van der Waals surface area contributed by atoms with Crippen LogP contribution in [0.1, 0.15) is 33.1 Å². The molecule has 2 saturated carbocycles. The minimum Gasteiger partial charge on any atom is -0.356 e. The predicted molar refractivity (Wildman–Crippen MR) is 75.4 cm³/mol. The van der Waals surface area contributed by atoms with Crippen LogP contribution >= 0.6 is 0 Å². The van der Waals surface area contributed by atoms with Crippen LogP contribution in [0.2, 0.25) is 0 Å². The van der Waals surface area contributed by atoms with Gasteiger partial charge in [-0.3, -0.25) is 0 Å². The number of halogens is 7. The van der Waals surface area contributed by atoms with Crippen LogP contribution in [0, 0.1) is 17.8 Å². The zero-order chi connectivity index (χ0) is 19.3. The van der Waals surface area contributed by atoms with Crippen molar-refractivity contribution in [3.05, 3.63) is 12.2 Å². The molecule has 9 heteroatoms. The highest BCUT2D eigenvalue weighted by atomic mass is 19.4. The number of fused-ring (bicyclic) bond motifs is 2. The van der Waals surface area contributed by atoms with Crippen LogP contribution in [0.4, 0.5) is 30.7 Å². The van der Waals surface area contributed by atoms with Crippen molar-refractivity contribution in [1.29, 1.82) is 0 Å². The maximum atomic E-state index is 15.3. The second-order valence-electron chi connectivity index (χ2n) is 6.90. The van der Waals surface area contributed by atoms with E-state index in [0.29, 0.717) is 5.57 Å². The molecule has 2 bridgehead atoms. The minimum atomic E-state index is -5.83. The number of alkyl halides is 7. The summed E-state index contributed by atoms with van der Waals surface area (Å²) in [5.41, 5.74) is -6.53. The van der Waals surface area contributed by atoms with Crippen LogP contribution in [-0.2, 0) is 9.47 Å². The van der Waals surface area contributed by atoms with Gasteiger partial charge in [0.15, 0.2) is 0 Å². The highest BCUT2D eigenvalue weighted by Crippen LogP contribution is 2.63. The van der Waals surface area contributed by atoms with Gasteiger partial charge in [-0.1, -0.05) is 19.1 Å². The van der Waals surface area contributed by atoms with Crippen molar-refractivity contribution >= 4 is 0 Å². The number of rotatable bonds is 6. The number of hydrogen-bond acceptors (Lipinski definition) is 2. The third-order valence-corrected chi connectivity index (χ3v) is 5.55. The number of hydrogen-bond donors (Lipinski definition) is 0. The Labute approximate surface area is 141 Å². The first kappa shape index (κ1) is 20.5. The summed E-state index contributed by atoms with van der Waals surface area (Å²) >= 11 is 0. The second kappa shape index (κ2) is 6.40. The summed E-state index contributed by atoms with van der Waals surface area (Å²) in [5, 5.41) is 0. The van der Waals surface area contributed by atoms with Crippen LogP contribution in [0.15, 0.2) is 12.2 Å². The van der Waals surface area contributed by atoms with Gasteiger partial charge in [0.2, 0.25) is 0 Å². The lowest BCUT2D eigenvalue weighted by Gasteiger charge is -2.44. The highest BCUT2D eigenvalue weighted by Gasteiger charge is 2.76. The predicted octanol–water partition coefficient (Wildman–Crippen LogP) is 5.19. The third kappa shape index (κ3) is 3.29. The van der Waals surface area contributed by atoms with Gasteiger partial charge in [-0.25, -0.2) is 4.39 Å². The van der Waals surface area contributed by atoms with Gasteiger partial charge in [0, 0.05) is 13.0 Å². The standard InChI is InChI=1S/C16H21F7O2/c1-4-24-8-25-14(15(18,19)20,16(21,22)23)7-13(17)6-11-5-12(13)10(3)9(11)2/h10-12H,2,4-8H2,1,3H3. The summed E-state index contributed by atoms with van der Waals surface area (Å²) in [6.45, 7) is 5.41. The van der Waals surface area contributed by atoms with Gasteiger partial charge < -0.3 is 9.47 Å². The fourth-order valence-corrected chi connectivity index (χ4v) is 4.15. The number of ether oxygens (including phenoxy) is 2. The van der Waals surface area contributed by atoms with E-state index in [9.17, 15) is 26.3 Å². The first-order valence-corrected chi connectivity index (χ1v) is 8.02. The molecule has 4 atom stereocenters. The van der Waals surface area contributed by atoms with Crippen LogP contribution in [0.3, 0.4) is 0 Å². The Morgan fingerprint density at radius 3 is 2.12 bits per heavy atom. The topological polar surface area (TPSA) is 18.5 Å². The van der Waals surface area contributed by atoms with E-state index in [-0.39, 0.29) is 13.0 Å². The molecule has 0 spiro atoms. The molecule has 2 fully saturated rings. The fraction of sp³-hybridized carbons (Fsp3) is 0.875. The third-order valence-electron chi connectivity index (χ3n) is 5.55. The van der Waals surface area contributed by atoms with E-state index in [4.69, 9.17) is 0 Å².